The highest BCUT2D eigenvalue weighted by Crippen LogP contribution is 2.24. The fraction of sp³-hybridized carbons (Fsp3) is 1.00. The van der Waals surface area contributed by atoms with Crippen LogP contribution in [-0.4, -0.2) is 32.2 Å². The third-order valence-corrected chi connectivity index (χ3v) is 3.10. The summed E-state index contributed by atoms with van der Waals surface area (Å²) in [7, 11) is 6.86. The molecule has 2 atom stereocenters. The van der Waals surface area contributed by atoms with Gasteiger partial charge in [-0.15, -0.1) is 0 Å². The predicted octanol–water partition coefficient (Wildman–Crippen LogP) is 3.01. The summed E-state index contributed by atoms with van der Waals surface area (Å²) < 4.78 is 1.09. The highest BCUT2D eigenvalue weighted by molar-refractivity contribution is 4.67. The summed E-state index contributed by atoms with van der Waals surface area (Å²) in [5, 5.41) is 0. The third kappa shape index (κ3) is 5.30. The molecule has 0 N–H and O–H groups in total. The summed E-state index contributed by atoms with van der Waals surface area (Å²) in [6, 6.07) is 0. The lowest BCUT2D eigenvalue weighted by molar-refractivity contribution is -0.874. The minimum absolute atomic E-state index is 0.816. The topological polar surface area (TPSA) is 0 Å². The Bertz CT molecular complexity index is 133. The maximum Gasteiger partial charge on any atom is 0.0811 e. The smallest absolute Gasteiger partial charge is 0.0811 e. The molecule has 0 rings (SSSR count). The molecule has 1 nitrogen and oxygen atoms in total. The lowest BCUT2D eigenvalue weighted by atomic mass is 9.83. The van der Waals surface area contributed by atoms with Crippen LogP contribution in [0.3, 0.4) is 0 Å². The van der Waals surface area contributed by atoms with Crippen molar-refractivity contribution in [1.29, 1.82) is 0 Å². The standard InChI is InChI=1S/C12H28N/c1-8-12(9-13(5,6)7)11(4)10(2)3/h10-12H,8-9H2,1-7H3/q+1. The zero-order valence-corrected chi connectivity index (χ0v) is 10.6. The molecule has 0 fully saturated rings. The van der Waals surface area contributed by atoms with Crippen molar-refractivity contribution in [2.75, 3.05) is 27.7 Å². The summed E-state index contributed by atoms with van der Waals surface area (Å²) in [6.45, 7) is 10.7. The monoisotopic (exact) mass is 186 g/mol. The summed E-state index contributed by atoms with van der Waals surface area (Å²) in [5.41, 5.74) is 0. The number of nitrogens with zero attached hydrogens (tertiary/aromatic N) is 1. The van der Waals surface area contributed by atoms with Gasteiger partial charge in [0.05, 0.1) is 27.7 Å². The van der Waals surface area contributed by atoms with Gasteiger partial charge in [-0.3, -0.25) is 0 Å². The van der Waals surface area contributed by atoms with E-state index < -0.39 is 0 Å². The van der Waals surface area contributed by atoms with Gasteiger partial charge in [-0.1, -0.05) is 27.7 Å². The second-order valence-electron chi connectivity index (χ2n) is 5.74. The van der Waals surface area contributed by atoms with E-state index in [1.807, 2.05) is 0 Å². The zero-order valence-electron chi connectivity index (χ0n) is 10.6. The second-order valence-corrected chi connectivity index (χ2v) is 5.74. The lowest BCUT2D eigenvalue weighted by Gasteiger charge is -2.33. The van der Waals surface area contributed by atoms with Crippen molar-refractivity contribution in [2.45, 2.75) is 34.1 Å². The largest absolute Gasteiger partial charge is 0.331 e. The summed E-state index contributed by atoms with van der Waals surface area (Å²) in [4.78, 5) is 0. The zero-order chi connectivity index (χ0) is 10.6. The van der Waals surface area contributed by atoms with Gasteiger partial charge in [0.25, 0.3) is 0 Å². The fourth-order valence-corrected chi connectivity index (χ4v) is 1.92. The molecular weight excluding hydrogens is 158 g/mol. The van der Waals surface area contributed by atoms with Crippen LogP contribution in [0.1, 0.15) is 34.1 Å². The molecule has 0 heterocycles. The van der Waals surface area contributed by atoms with Crippen molar-refractivity contribution >= 4 is 0 Å². The van der Waals surface area contributed by atoms with Crippen LogP contribution in [0.2, 0.25) is 0 Å². The Morgan fingerprint density at radius 2 is 1.46 bits per heavy atom. The normalized spacial score (nSPS) is 17.5. The molecule has 80 valence electrons. The van der Waals surface area contributed by atoms with Gasteiger partial charge in [0.1, 0.15) is 0 Å². The Labute approximate surface area is 84.7 Å². The van der Waals surface area contributed by atoms with Crippen LogP contribution >= 0.6 is 0 Å². The highest BCUT2D eigenvalue weighted by Gasteiger charge is 2.24. The minimum Gasteiger partial charge on any atom is -0.331 e. The summed E-state index contributed by atoms with van der Waals surface area (Å²) in [6.07, 6.45) is 1.31. The molecular formula is C12H28N+. The van der Waals surface area contributed by atoms with Gasteiger partial charge in [-0.2, -0.15) is 0 Å². The first kappa shape index (κ1) is 13.0. The van der Waals surface area contributed by atoms with E-state index in [1.54, 1.807) is 0 Å². The van der Waals surface area contributed by atoms with Gasteiger partial charge in [0.15, 0.2) is 0 Å². The van der Waals surface area contributed by atoms with Gasteiger partial charge in [-0.05, 0) is 18.3 Å². The second kappa shape index (κ2) is 4.99. The molecule has 0 saturated carbocycles. The molecule has 0 aliphatic rings. The van der Waals surface area contributed by atoms with E-state index in [9.17, 15) is 0 Å². The molecule has 0 aromatic carbocycles. The first-order valence-electron chi connectivity index (χ1n) is 5.58. The third-order valence-electron chi connectivity index (χ3n) is 3.10. The van der Waals surface area contributed by atoms with Crippen molar-refractivity contribution in [3.8, 4) is 0 Å². The number of rotatable bonds is 5. The van der Waals surface area contributed by atoms with E-state index in [0.29, 0.717) is 0 Å². The van der Waals surface area contributed by atoms with Crippen LogP contribution in [0.15, 0.2) is 0 Å². The minimum atomic E-state index is 0.816. The molecule has 2 unspecified atom stereocenters. The van der Waals surface area contributed by atoms with Crippen molar-refractivity contribution < 1.29 is 4.48 Å². The number of quaternary nitrogens is 1. The average molecular weight is 186 g/mol. The Morgan fingerprint density at radius 1 is 1.00 bits per heavy atom. The Balaban J connectivity index is 4.18. The average Bonchev–Trinajstić information content (AvgIpc) is 1.97. The van der Waals surface area contributed by atoms with Crippen molar-refractivity contribution in [3.63, 3.8) is 0 Å². The van der Waals surface area contributed by atoms with Crippen LogP contribution in [0, 0.1) is 17.8 Å². The Kier molecular flexibility index (Phi) is 4.98. The summed E-state index contributed by atoms with van der Waals surface area (Å²) >= 11 is 0. The maximum absolute atomic E-state index is 2.40. The van der Waals surface area contributed by atoms with Gasteiger partial charge in [0.2, 0.25) is 0 Å². The van der Waals surface area contributed by atoms with Crippen molar-refractivity contribution in [1.82, 2.24) is 0 Å². The van der Waals surface area contributed by atoms with E-state index in [4.69, 9.17) is 0 Å². The molecule has 0 aromatic heterocycles. The molecule has 13 heavy (non-hydrogen) atoms. The number of hydrogen-bond acceptors (Lipinski definition) is 0. The number of hydrogen-bond donors (Lipinski definition) is 0. The molecule has 1 heteroatoms. The molecule has 0 bridgehead atoms. The molecule has 0 saturated heterocycles. The lowest BCUT2D eigenvalue weighted by Crippen LogP contribution is -2.41. The first-order chi connectivity index (χ1) is 5.78. The van der Waals surface area contributed by atoms with E-state index in [-0.39, 0.29) is 0 Å². The van der Waals surface area contributed by atoms with E-state index in [2.05, 4.69) is 48.8 Å². The van der Waals surface area contributed by atoms with Gasteiger partial charge < -0.3 is 4.48 Å². The summed E-state index contributed by atoms with van der Waals surface area (Å²) in [5.74, 6) is 2.54. The predicted molar refractivity (Wildman–Crippen MR) is 60.7 cm³/mol. The van der Waals surface area contributed by atoms with Crippen LogP contribution in [0.5, 0.6) is 0 Å². The van der Waals surface area contributed by atoms with Crippen LogP contribution in [-0.2, 0) is 0 Å². The molecule has 0 radical (unpaired) electrons. The van der Waals surface area contributed by atoms with Gasteiger partial charge >= 0.3 is 0 Å². The van der Waals surface area contributed by atoms with Crippen molar-refractivity contribution in [2.24, 2.45) is 17.8 Å². The van der Waals surface area contributed by atoms with Crippen LogP contribution in [0.25, 0.3) is 0 Å². The maximum atomic E-state index is 2.40. The van der Waals surface area contributed by atoms with Crippen molar-refractivity contribution in [3.05, 3.63) is 0 Å². The fourth-order valence-electron chi connectivity index (χ4n) is 1.92. The van der Waals surface area contributed by atoms with Crippen LogP contribution < -0.4 is 0 Å². The Morgan fingerprint density at radius 3 is 1.69 bits per heavy atom. The SMILES string of the molecule is CCC(C[N+](C)(C)C)C(C)C(C)C. The molecule has 0 spiro atoms. The van der Waals surface area contributed by atoms with Gasteiger partial charge in [-0.25, -0.2) is 0 Å². The van der Waals surface area contributed by atoms with E-state index >= 15 is 0 Å². The molecule has 0 aliphatic heterocycles. The first-order valence-corrected chi connectivity index (χ1v) is 5.58. The quantitative estimate of drug-likeness (QED) is 0.579. The highest BCUT2D eigenvalue weighted by atomic mass is 15.3. The molecule has 0 aromatic rings. The molecule has 0 amide bonds. The Hall–Kier alpha value is -0.0400. The molecule has 0 aliphatic carbocycles. The van der Waals surface area contributed by atoms with Gasteiger partial charge in [0, 0.05) is 5.92 Å². The van der Waals surface area contributed by atoms with E-state index in [1.165, 1.54) is 13.0 Å². The van der Waals surface area contributed by atoms with E-state index in [0.717, 1.165) is 22.2 Å². The van der Waals surface area contributed by atoms with Crippen LogP contribution in [0.4, 0.5) is 0 Å².